The lowest BCUT2D eigenvalue weighted by Crippen LogP contribution is -2.39. The highest BCUT2D eigenvalue weighted by molar-refractivity contribution is 5.90. The van der Waals surface area contributed by atoms with Gasteiger partial charge in [-0.05, 0) is 109 Å². The van der Waals surface area contributed by atoms with Crippen LogP contribution in [0.15, 0.2) is 84.9 Å². The van der Waals surface area contributed by atoms with E-state index in [9.17, 15) is 0 Å². The molecule has 1 heteroatoms. The molecule has 2 fully saturated rings. The maximum absolute atomic E-state index is 2.73. The first-order valence-electron chi connectivity index (χ1n) is 14.5. The molecule has 0 N–H and O–H groups in total. The Kier molecular flexibility index (Phi) is 5.22. The minimum Gasteiger partial charge on any atom is -0.335 e. The summed E-state index contributed by atoms with van der Waals surface area (Å²) in [4.78, 5) is 2.73. The number of fused-ring (bicyclic) bond motifs is 3. The van der Waals surface area contributed by atoms with E-state index in [1.807, 2.05) is 0 Å². The van der Waals surface area contributed by atoms with E-state index in [0.29, 0.717) is 11.8 Å². The quantitative estimate of drug-likeness (QED) is 0.265. The van der Waals surface area contributed by atoms with Gasteiger partial charge < -0.3 is 4.90 Å². The Balaban J connectivity index is 1.52. The molecule has 0 unspecified atom stereocenters. The van der Waals surface area contributed by atoms with Crippen LogP contribution in [0.2, 0.25) is 0 Å². The van der Waals surface area contributed by atoms with Crippen LogP contribution in [-0.4, -0.2) is 5.54 Å². The molecule has 0 heterocycles. The summed E-state index contributed by atoms with van der Waals surface area (Å²) < 4.78 is 0. The van der Waals surface area contributed by atoms with E-state index in [0.717, 1.165) is 0 Å². The zero-order valence-corrected chi connectivity index (χ0v) is 23.5. The number of rotatable bonds is 5. The smallest absolute Gasteiger partial charge is 0.0530 e. The van der Waals surface area contributed by atoms with Gasteiger partial charge in [0.1, 0.15) is 0 Å². The van der Waals surface area contributed by atoms with Crippen LogP contribution >= 0.6 is 0 Å². The van der Waals surface area contributed by atoms with Crippen molar-refractivity contribution in [1.82, 2.24) is 0 Å². The monoisotopic (exact) mass is 497 g/mol. The van der Waals surface area contributed by atoms with Crippen molar-refractivity contribution in [2.45, 2.75) is 83.1 Å². The van der Waals surface area contributed by atoms with Gasteiger partial charge in [-0.2, -0.15) is 0 Å². The maximum atomic E-state index is 2.73. The Morgan fingerprint density at radius 1 is 0.632 bits per heavy atom. The lowest BCUT2D eigenvalue weighted by Gasteiger charge is -2.42. The van der Waals surface area contributed by atoms with Crippen LogP contribution in [0.25, 0.3) is 22.3 Å². The molecule has 0 radical (unpaired) electrons. The molecule has 7 rings (SSSR count). The van der Waals surface area contributed by atoms with Gasteiger partial charge in [0.25, 0.3) is 0 Å². The van der Waals surface area contributed by atoms with Crippen LogP contribution in [0.3, 0.4) is 0 Å². The van der Waals surface area contributed by atoms with Crippen LogP contribution in [0.4, 0.5) is 11.4 Å². The Morgan fingerprint density at radius 3 is 1.95 bits per heavy atom. The highest BCUT2D eigenvalue weighted by Crippen LogP contribution is 2.57. The van der Waals surface area contributed by atoms with Crippen LogP contribution in [0, 0.1) is 0 Å². The summed E-state index contributed by atoms with van der Waals surface area (Å²) in [6, 6.07) is 32.3. The van der Waals surface area contributed by atoms with Crippen molar-refractivity contribution in [2.24, 2.45) is 0 Å². The fourth-order valence-electron chi connectivity index (χ4n) is 6.87. The standard InChI is InChI=1S/C37H39N/c1-36(2,3)38(35-27(24-12-7-6-8-13-24)15-11-16-28(35)25-18-19-25)34-23-33-31(22-30(34)26-20-21-26)29-14-9-10-17-32(29)37(33,4)5/h6-17,22-23,25-26H,18-21H2,1-5H3. The predicted molar refractivity (Wildman–Crippen MR) is 162 cm³/mol. The third-order valence-electron chi connectivity index (χ3n) is 9.05. The fraction of sp³-hybridized carbons (Fsp3) is 0.351. The number of hydrogen-bond donors (Lipinski definition) is 0. The van der Waals surface area contributed by atoms with Gasteiger partial charge in [-0.25, -0.2) is 0 Å². The zero-order chi connectivity index (χ0) is 26.2. The molecule has 0 aliphatic heterocycles. The SMILES string of the molecule is CC1(C)c2ccccc2-c2cc(C3CC3)c(N(c3c(-c4ccccc4)cccc3C3CC3)C(C)(C)C)cc21. The van der Waals surface area contributed by atoms with Crippen molar-refractivity contribution in [3.05, 3.63) is 107 Å². The van der Waals surface area contributed by atoms with Gasteiger partial charge in [0.05, 0.1) is 5.69 Å². The van der Waals surface area contributed by atoms with Crippen LogP contribution in [-0.2, 0) is 5.41 Å². The van der Waals surface area contributed by atoms with Gasteiger partial charge >= 0.3 is 0 Å². The highest BCUT2D eigenvalue weighted by Gasteiger charge is 2.41. The average Bonchev–Trinajstić information content (AvgIpc) is 3.82. The third-order valence-corrected chi connectivity index (χ3v) is 9.05. The first-order valence-corrected chi connectivity index (χ1v) is 14.5. The Bertz CT molecular complexity index is 1530. The summed E-state index contributed by atoms with van der Waals surface area (Å²) in [5.41, 5.74) is 14.3. The lowest BCUT2D eigenvalue weighted by atomic mass is 9.81. The number of para-hydroxylation sites is 1. The molecule has 0 amide bonds. The molecular weight excluding hydrogens is 458 g/mol. The molecule has 1 nitrogen and oxygen atoms in total. The van der Waals surface area contributed by atoms with Crippen LogP contribution in [0.5, 0.6) is 0 Å². The zero-order valence-electron chi connectivity index (χ0n) is 23.5. The second-order valence-electron chi connectivity index (χ2n) is 13.3. The molecule has 192 valence electrons. The van der Waals surface area contributed by atoms with Crippen LogP contribution < -0.4 is 4.90 Å². The van der Waals surface area contributed by atoms with E-state index >= 15 is 0 Å². The molecule has 0 bridgehead atoms. The molecule has 38 heavy (non-hydrogen) atoms. The summed E-state index contributed by atoms with van der Waals surface area (Å²) in [5.74, 6) is 1.32. The normalized spacial score (nSPS) is 17.7. The maximum Gasteiger partial charge on any atom is 0.0530 e. The van der Waals surface area contributed by atoms with Gasteiger partial charge in [0, 0.05) is 22.2 Å². The molecule has 3 aliphatic carbocycles. The summed E-state index contributed by atoms with van der Waals surface area (Å²) in [7, 11) is 0. The first-order chi connectivity index (χ1) is 18.2. The number of nitrogens with zero attached hydrogens (tertiary/aromatic N) is 1. The minimum absolute atomic E-state index is 0.00934. The first kappa shape index (κ1) is 23.8. The third kappa shape index (κ3) is 3.74. The second-order valence-corrected chi connectivity index (χ2v) is 13.3. The summed E-state index contributed by atoms with van der Waals surface area (Å²) in [6.07, 6.45) is 5.19. The van der Waals surface area contributed by atoms with Gasteiger partial charge in [-0.1, -0.05) is 86.6 Å². The van der Waals surface area contributed by atoms with E-state index in [4.69, 9.17) is 0 Å². The topological polar surface area (TPSA) is 3.24 Å². The molecule has 0 spiro atoms. The highest BCUT2D eigenvalue weighted by atomic mass is 15.2. The molecular formula is C37H39N. The minimum atomic E-state index is -0.0814. The van der Waals surface area contributed by atoms with Gasteiger partial charge in [-0.15, -0.1) is 0 Å². The Hall–Kier alpha value is -3.32. The molecule has 0 aromatic heterocycles. The van der Waals surface area contributed by atoms with E-state index in [1.165, 1.54) is 81.6 Å². The number of anilines is 2. The van der Waals surface area contributed by atoms with Gasteiger partial charge in [-0.3, -0.25) is 0 Å². The van der Waals surface area contributed by atoms with Crippen molar-refractivity contribution >= 4 is 11.4 Å². The molecule has 0 atom stereocenters. The van der Waals surface area contributed by atoms with Crippen molar-refractivity contribution in [1.29, 1.82) is 0 Å². The molecule has 2 saturated carbocycles. The second kappa shape index (κ2) is 8.34. The van der Waals surface area contributed by atoms with Crippen LogP contribution in [0.1, 0.15) is 94.4 Å². The molecule has 0 saturated heterocycles. The van der Waals surface area contributed by atoms with E-state index in [1.54, 1.807) is 0 Å². The van der Waals surface area contributed by atoms with E-state index in [2.05, 4.69) is 124 Å². The molecule has 4 aromatic rings. The lowest BCUT2D eigenvalue weighted by molar-refractivity contribution is 0.556. The fourth-order valence-corrected chi connectivity index (χ4v) is 6.87. The van der Waals surface area contributed by atoms with Gasteiger partial charge in [0.15, 0.2) is 0 Å². The Morgan fingerprint density at radius 2 is 1.26 bits per heavy atom. The van der Waals surface area contributed by atoms with Crippen molar-refractivity contribution in [3.63, 3.8) is 0 Å². The number of benzene rings is 4. The average molecular weight is 498 g/mol. The van der Waals surface area contributed by atoms with E-state index < -0.39 is 0 Å². The van der Waals surface area contributed by atoms with Crippen molar-refractivity contribution in [2.75, 3.05) is 4.90 Å². The summed E-state index contributed by atoms with van der Waals surface area (Å²) in [5, 5.41) is 0. The van der Waals surface area contributed by atoms with E-state index in [-0.39, 0.29) is 11.0 Å². The molecule has 4 aromatic carbocycles. The van der Waals surface area contributed by atoms with Crippen molar-refractivity contribution < 1.29 is 0 Å². The van der Waals surface area contributed by atoms with Gasteiger partial charge in [0.2, 0.25) is 0 Å². The number of hydrogen-bond acceptors (Lipinski definition) is 1. The predicted octanol–water partition coefficient (Wildman–Crippen LogP) is 10.4. The molecule has 3 aliphatic rings. The summed E-state index contributed by atoms with van der Waals surface area (Å²) in [6.45, 7) is 12.0. The largest absolute Gasteiger partial charge is 0.335 e. The van der Waals surface area contributed by atoms with Crippen molar-refractivity contribution in [3.8, 4) is 22.3 Å². The summed E-state index contributed by atoms with van der Waals surface area (Å²) >= 11 is 0. The Labute approximate surface area is 228 Å².